The zero-order chi connectivity index (χ0) is 25.0. The Morgan fingerprint density at radius 1 is 0.914 bits per heavy atom. The SMILES string of the molecule is CCCOc1ccc(C(=O)NCC(=O)N/N=C\c2ccc(OC(=O)c3ccccc3C)cc2)cc1. The van der Waals surface area contributed by atoms with Crippen molar-refractivity contribution in [3.8, 4) is 11.5 Å². The van der Waals surface area contributed by atoms with Crippen molar-refractivity contribution in [3.05, 3.63) is 95.1 Å². The van der Waals surface area contributed by atoms with E-state index in [-0.39, 0.29) is 12.5 Å². The minimum Gasteiger partial charge on any atom is -0.494 e. The van der Waals surface area contributed by atoms with Gasteiger partial charge in [-0.25, -0.2) is 10.2 Å². The highest BCUT2D eigenvalue weighted by Crippen LogP contribution is 2.15. The van der Waals surface area contributed by atoms with Crippen LogP contribution in [0.4, 0.5) is 0 Å². The number of nitrogens with one attached hydrogen (secondary N) is 2. The van der Waals surface area contributed by atoms with E-state index in [4.69, 9.17) is 9.47 Å². The summed E-state index contributed by atoms with van der Waals surface area (Å²) >= 11 is 0. The number of hydrogen-bond acceptors (Lipinski definition) is 6. The number of hydrazone groups is 1. The first kappa shape index (κ1) is 25.2. The largest absolute Gasteiger partial charge is 0.494 e. The van der Waals surface area contributed by atoms with Crippen LogP contribution in [0.2, 0.25) is 0 Å². The van der Waals surface area contributed by atoms with Crippen molar-refractivity contribution in [1.82, 2.24) is 10.7 Å². The standard InChI is InChI=1S/C27H27N3O5/c1-3-16-34-22-14-10-21(11-15-22)26(32)28-18-25(31)30-29-17-20-8-12-23(13-9-20)35-27(33)24-7-5-4-6-19(24)2/h4-15,17H,3,16,18H2,1-2H3,(H,28,32)(H,30,31)/b29-17-. The molecule has 3 aromatic carbocycles. The molecule has 35 heavy (non-hydrogen) atoms. The zero-order valence-corrected chi connectivity index (χ0v) is 19.6. The van der Waals surface area contributed by atoms with Crippen molar-refractivity contribution in [2.24, 2.45) is 5.10 Å². The molecule has 0 aromatic heterocycles. The van der Waals surface area contributed by atoms with Crippen LogP contribution in [0.1, 0.15) is 45.2 Å². The lowest BCUT2D eigenvalue weighted by Gasteiger charge is -2.07. The average molecular weight is 474 g/mol. The highest BCUT2D eigenvalue weighted by atomic mass is 16.5. The summed E-state index contributed by atoms with van der Waals surface area (Å²) in [5.74, 6) is -0.192. The van der Waals surface area contributed by atoms with Crippen LogP contribution in [0.3, 0.4) is 0 Å². The lowest BCUT2D eigenvalue weighted by molar-refractivity contribution is -0.120. The van der Waals surface area contributed by atoms with E-state index >= 15 is 0 Å². The smallest absolute Gasteiger partial charge is 0.343 e. The van der Waals surface area contributed by atoms with Gasteiger partial charge in [-0.3, -0.25) is 9.59 Å². The number of nitrogens with zero attached hydrogens (tertiary/aromatic N) is 1. The molecule has 0 bridgehead atoms. The van der Waals surface area contributed by atoms with Crippen LogP contribution in [0.5, 0.6) is 11.5 Å². The van der Waals surface area contributed by atoms with Gasteiger partial charge in [-0.1, -0.05) is 25.1 Å². The number of amides is 2. The fourth-order valence-corrected chi connectivity index (χ4v) is 2.99. The predicted octanol–water partition coefficient (Wildman–Crippen LogP) is 3.88. The Balaban J connectivity index is 1.42. The van der Waals surface area contributed by atoms with Gasteiger partial charge in [0.2, 0.25) is 0 Å². The van der Waals surface area contributed by atoms with Gasteiger partial charge in [0.05, 0.1) is 24.9 Å². The molecule has 0 saturated carbocycles. The Morgan fingerprint density at radius 3 is 2.29 bits per heavy atom. The number of carbonyl (C=O) groups excluding carboxylic acids is 3. The highest BCUT2D eigenvalue weighted by Gasteiger charge is 2.11. The van der Waals surface area contributed by atoms with E-state index in [1.807, 2.05) is 26.0 Å². The Bertz CT molecular complexity index is 1190. The van der Waals surface area contributed by atoms with Gasteiger partial charge in [0.25, 0.3) is 11.8 Å². The summed E-state index contributed by atoms with van der Waals surface area (Å²) in [5.41, 5.74) is 4.81. The maximum atomic E-state index is 12.3. The van der Waals surface area contributed by atoms with Crippen molar-refractivity contribution in [3.63, 3.8) is 0 Å². The average Bonchev–Trinajstić information content (AvgIpc) is 2.87. The highest BCUT2D eigenvalue weighted by molar-refractivity contribution is 5.96. The number of aryl methyl sites for hydroxylation is 1. The van der Waals surface area contributed by atoms with Gasteiger partial charge in [0, 0.05) is 5.56 Å². The van der Waals surface area contributed by atoms with Crippen LogP contribution in [-0.2, 0) is 4.79 Å². The van der Waals surface area contributed by atoms with E-state index < -0.39 is 11.9 Å². The summed E-state index contributed by atoms with van der Waals surface area (Å²) in [6.45, 7) is 4.24. The van der Waals surface area contributed by atoms with E-state index in [1.54, 1.807) is 60.7 Å². The molecule has 0 fully saturated rings. The van der Waals surface area contributed by atoms with E-state index in [1.165, 1.54) is 6.21 Å². The van der Waals surface area contributed by atoms with Gasteiger partial charge in [-0.2, -0.15) is 5.10 Å². The molecule has 0 unspecified atom stereocenters. The van der Waals surface area contributed by atoms with Gasteiger partial charge in [-0.05, 0) is 79.1 Å². The molecule has 0 saturated heterocycles. The third kappa shape index (κ3) is 7.82. The fraction of sp³-hybridized carbons (Fsp3) is 0.185. The minimum atomic E-state index is -0.471. The molecule has 0 spiro atoms. The van der Waals surface area contributed by atoms with Crippen molar-refractivity contribution in [1.29, 1.82) is 0 Å². The number of carbonyl (C=O) groups is 3. The van der Waals surface area contributed by atoms with Gasteiger partial charge in [0.1, 0.15) is 11.5 Å². The van der Waals surface area contributed by atoms with Crippen LogP contribution in [-0.4, -0.2) is 37.1 Å². The molecule has 0 heterocycles. The number of ether oxygens (including phenoxy) is 2. The Kier molecular flexibility index (Phi) is 9.13. The zero-order valence-electron chi connectivity index (χ0n) is 19.6. The molecule has 3 aromatic rings. The van der Waals surface area contributed by atoms with Gasteiger partial charge in [-0.15, -0.1) is 0 Å². The molecule has 0 radical (unpaired) electrons. The topological polar surface area (TPSA) is 106 Å². The van der Waals surface area contributed by atoms with Crippen LogP contribution >= 0.6 is 0 Å². The van der Waals surface area contributed by atoms with E-state index in [2.05, 4.69) is 15.8 Å². The van der Waals surface area contributed by atoms with Crippen molar-refractivity contribution in [2.45, 2.75) is 20.3 Å². The molecule has 2 N–H and O–H groups in total. The summed E-state index contributed by atoms with van der Waals surface area (Å²) in [5, 5.41) is 6.42. The maximum absolute atomic E-state index is 12.3. The fourth-order valence-electron chi connectivity index (χ4n) is 2.99. The number of hydrogen-bond donors (Lipinski definition) is 2. The molecule has 8 heteroatoms. The number of rotatable bonds is 10. The molecular weight excluding hydrogens is 446 g/mol. The van der Waals surface area contributed by atoms with Crippen LogP contribution in [0.15, 0.2) is 77.9 Å². The predicted molar refractivity (Wildman–Crippen MR) is 133 cm³/mol. The first-order valence-electron chi connectivity index (χ1n) is 11.2. The summed E-state index contributed by atoms with van der Waals surface area (Å²) in [4.78, 5) is 36.4. The van der Waals surface area contributed by atoms with Crippen molar-refractivity contribution in [2.75, 3.05) is 13.2 Å². The molecule has 3 rings (SSSR count). The lowest BCUT2D eigenvalue weighted by atomic mass is 10.1. The summed E-state index contributed by atoms with van der Waals surface area (Å²) in [6.07, 6.45) is 2.34. The summed E-state index contributed by atoms with van der Waals surface area (Å²) in [7, 11) is 0. The minimum absolute atomic E-state index is 0.224. The molecule has 180 valence electrons. The van der Waals surface area contributed by atoms with Gasteiger partial charge < -0.3 is 14.8 Å². The van der Waals surface area contributed by atoms with Gasteiger partial charge in [0.15, 0.2) is 0 Å². The monoisotopic (exact) mass is 473 g/mol. The summed E-state index contributed by atoms with van der Waals surface area (Å²) < 4.78 is 10.9. The number of benzene rings is 3. The van der Waals surface area contributed by atoms with Crippen LogP contribution in [0, 0.1) is 6.92 Å². The second-order valence-electron chi connectivity index (χ2n) is 7.62. The van der Waals surface area contributed by atoms with Gasteiger partial charge >= 0.3 is 5.97 Å². The maximum Gasteiger partial charge on any atom is 0.343 e. The second kappa shape index (κ2) is 12.7. The molecule has 0 atom stereocenters. The van der Waals surface area contributed by atoms with Crippen molar-refractivity contribution >= 4 is 24.0 Å². The lowest BCUT2D eigenvalue weighted by Crippen LogP contribution is -2.34. The molecule has 2 amide bonds. The molecule has 0 aliphatic rings. The normalized spacial score (nSPS) is 10.6. The van der Waals surface area contributed by atoms with Crippen LogP contribution < -0.4 is 20.2 Å². The third-order valence-electron chi connectivity index (χ3n) is 4.86. The Morgan fingerprint density at radius 2 is 1.60 bits per heavy atom. The first-order chi connectivity index (χ1) is 17.0. The van der Waals surface area contributed by atoms with E-state index in [9.17, 15) is 14.4 Å². The number of esters is 1. The first-order valence-corrected chi connectivity index (χ1v) is 11.2. The van der Waals surface area contributed by atoms with Crippen molar-refractivity contribution < 1.29 is 23.9 Å². The third-order valence-corrected chi connectivity index (χ3v) is 4.86. The van der Waals surface area contributed by atoms with Crippen LogP contribution in [0.25, 0.3) is 0 Å². The molecular formula is C27H27N3O5. The summed E-state index contributed by atoms with van der Waals surface area (Å²) in [6, 6.07) is 20.6. The van der Waals surface area contributed by atoms with E-state index in [0.717, 1.165) is 12.0 Å². The molecule has 0 aliphatic heterocycles. The second-order valence-corrected chi connectivity index (χ2v) is 7.62. The Hall–Kier alpha value is -4.46. The quantitative estimate of drug-likeness (QED) is 0.201. The van der Waals surface area contributed by atoms with E-state index in [0.29, 0.717) is 34.8 Å². The Labute approximate surface area is 204 Å². The molecule has 8 nitrogen and oxygen atoms in total. The molecule has 0 aliphatic carbocycles.